The van der Waals surface area contributed by atoms with Crippen molar-refractivity contribution < 1.29 is 18.8 Å². The number of halogens is 1. The second kappa shape index (κ2) is 5.50. The third-order valence-electron chi connectivity index (χ3n) is 3.49. The highest BCUT2D eigenvalue weighted by molar-refractivity contribution is 6.03. The Kier molecular flexibility index (Phi) is 4.44. The molecule has 0 spiro atoms. The number of nitrogens with one attached hydrogen (secondary N) is 2. The summed E-state index contributed by atoms with van der Waals surface area (Å²) in [6, 6.07) is -0.815. The van der Waals surface area contributed by atoms with Gasteiger partial charge in [-0.15, -0.1) is 0 Å². The number of piperidine rings is 1. The zero-order valence-electron chi connectivity index (χ0n) is 11.4. The normalized spacial score (nSPS) is 22.7. The Bertz CT molecular complexity index is 430. The van der Waals surface area contributed by atoms with Crippen molar-refractivity contribution in [1.29, 1.82) is 0 Å². The molecule has 2 N–H and O–H groups in total. The largest absolute Gasteiger partial charge is 0.340 e. The van der Waals surface area contributed by atoms with E-state index in [2.05, 4.69) is 17.2 Å². The number of imide groups is 1. The van der Waals surface area contributed by atoms with Gasteiger partial charge in [0.15, 0.2) is 0 Å². The van der Waals surface area contributed by atoms with Crippen LogP contribution in [0.15, 0.2) is 12.2 Å². The molecule has 19 heavy (non-hydrogen) atoms. The van der Waals surface area contributed by atoms with Gasteiger partial charge in [0.2, 0.25) is 17.7 Å². The Labute approximate surface area is 111 Å². The molecule has 0 bridgehead atoms. The maximum atomic E-state index is 14.3. The average Bonchev–Trinajstić information content (AvgIpc) is 2.31. The third-order valence-corrected chi connectivity index (χ3v) is 3.49. The zero-order chi connectivity index (χ0) is 14.8. The lowest BCUT2D eigenvalue weighted by Crippen LogP contribution is -2.53. The smallest absolute Gasteiger partial charge is 0.250 e. The van der Waals surface area contributed by atoms with Crippen LogP contribution in [0.3, 0.4) is 0 Å². The Morgan fingerprint density at radius 1 is 1.53 bits per heavy atom. The molecule has 0 aliphatic carbocycles. The second-order valence-corrected chi connectivity index (χ2v) is 5.19. The molecular weight excluding hydrogens is 251 g/mol. The number of amides is 3. The zero-order valence-corrected chi connectivity index (χ0v) is 11.4. The molecule has 3 amide bonds. The predicted octanol–water partition coefficient (Wildman–Crippen LogP) is 0.848. The van der Waals surface area contributed by atoms with Crippen LogP contribution in [0.25, 0.3) is 0 Å². The predicted molar refractivity (Wildman–Crippen MR) is 67.8 cm³/mol. The molecule has 5 nitrogen and oxygen atoms in total. The average molecular weight is 270 g/mol. The van der Waals surface area contributed by atoms with Crippen molar-refractivity contribution >= 4 is 17.7 Å². The van der Waals surface area contributed by atoms with E-state index in [0.29, 0.717) is 0 Å². The second-order valence-electron chi connectivity index (χ2n) is 5.19. The van der Waals surface area contributed by atoms with Crippen molar-refractivity contribution in [1.82, 2.24) is 10.6 Å². The van der Waals surface area contributed by atoms with Crippen LogP contribution in [0.2, 0.25) is 0 Å². The first kappa shape index (κ1) is 15.3. The molecule has 1 aliphatic rings. The van der Waals surface area contributed by atoms with Gasteiger partial charge < -0.3 is 5.32 Å². The van der Waals surface area contributed by atoms with E-state index in [1.54, 1.807) is 13.8 Å². The van der Waals surface area contributed by atoms with Crippen molar-refractivity contribution in [3.05, 3.63) is 12.2 Å². The first-order valence-electron chi connectivity index (χ1n) is 6.19. The molecule has 0 aromatic heterocycles. The van der Waals surface area contributed by atoms with E-state index in [0.717, 1.165) is 0 Å². The summed E-state index contributed by atoms with van der Waals surface area (Å²) in [6.45, 7) is 8.04. The monoisotopic (exact) mass is 270 g/mol. The van der Waals surface area contributed by atoms with E-state index >= 15 is 0 Å². The van der Waals surface area contributed by atoms with Gasteiger partial charge in [-0.2, -0.15) is 0 Å². The van der Waals surface area contributed by atoms with Gasteiger partial charge in [-0.25, -0.2) is 4.39 Å². The van der Waals surface area contributed by atoms with Crippen molar-refractivity contribution in [3.8, 4) is 0 Å². The van der Waals surface area contributed by atoms with Crippen molar-refractivity contribution in [2.24, 2.45) is 5.92 Å². The highest BCUT2D eigenvalue weighted by Crippen LogP contribution is 2.29. The fraction of sp³-hybridized carbons (Fsp3) is 0.615. The summed E-state index contributed by atoms with van der Waals surface area (Å²) in [5.74, 6) is -2.05. The van der Waals surface area contributed by atoms with Gasteiger partial charge in [-0.1, -0.05) is 20.4 Å². The van der Waals surface area contributed by atoms with E-state index in [1.807, 2.05) is 0 Å². The van der Waals surface area contributed by atoms with E-state index < -0.39 is 29.4 Å². The summed E-state index contributed by atoms with van der Waals surface area (Å²) < 4.78 is 14.3. The van der Waals surface area contributed by atoms with Crippen LogP contribution in [0.4, 0.5) is 4.39 Å². The van der Waals surface area contributed by atoms with E-state index in [-0.39, 0.29) is 24.3 Å². The molecule has 1 rings (SSSR count). The molecule has 0 saturated carbocycles. The standard InChI is InChI=1S/C13H19FN2O3/c1-7(2)13(4,14)8(3)11(18)15-9-5-6-10(17)16-12(9)19/h7,9H,3,5-6H2,1-2,4H3,(H,15,18)(H,16,17,19). The van der Waals surface area contributed by atoms with E-state index in [1.165, 1.54) is 6.92 Å². The molecule has 0 radical (unpaired) electrons. The maximum Gasteiger partial charge on any atom is 0.250 e. The van der Waals surface area contributed by atoms with Gasteiger partial charge in [-0.3, -0.25) is 19.7 Å². The number of hydrogen-bond donors (Lipinski definition) is 2. The summed E-state index contributed by atoms with van der Waals surface area (Å²) in [5.41, 5.74) is -2.06. The maximum absolute atomic E-state index is 14.3. The molecule has 0 aromatic rings. The van der Waals surface area contributed by atoms with E-state index in [4.69, 9.17) is 0 Å². The molecule has 2 atom stereocenters. The molecule has 2 unspecified atom stereocenters. The number of alkyl halides is 1. The highest BCUT2D eigenvalue weighted by atomic mass is 19.1. The van der Waals surface area contributed by atoms with Crippen molar-refractivity contribution in [3.63, 3.8) is 0 Å². The van der Waals surface area contributed by atoms with Crippen LogP contribution in [0.5, 0.6) is 0 Å². The lowest BCUT2D eigenvalue weighted by Gasteiger charge is -2.28. The van der Waals surface area contributed by atoms with Crippen LogP contribution in [0, 0.1) is 5.92 Å². The molecule has 1 heterocycles. The van der Waals surface area contributed by atoms with Crippen LogP contribution in [-0.4, -0.2) is 29.4 Å². The Hall–Kier alpha value is -1.72. The van der Waals surface area contributed by atoms with Crippen LogP contribution < -0.4 is 10.6 Å². The van der Waals surface area contributed by atoms with Gasteiger partial charge >= 0.3 is 0 Å². The number of hydrogen-bond acceptors (Lipinski definition) is 3. The minimum absolute atomic E-state index is 0.153. The van der Waals surface area contributed by atoms with Crippen molar-refractivity contribution in [2.75, 3.05) is 0 Å². The molecule has 1 fully saturated rings. The summed E-state index contributed by atoms with van der Waals surface area (Å²) >= 11 is 0. The van der Waals surface area contributed by atoms with Gasteiger partial charge in [-0.05, 0) is 19.3 Å². The van der Waals surface area contributed by atoms with Gasteiger partial charge in [0.05, 0.1) is 0 Å². The molecular formula is C13H19FN2O3. The quantitative estimate of drug-likeness (QED) is 0.587. The van der Waals surface area contributed by atoms with Gasteiger partial charge in [0.1, 0.15) is 11.7 Å². The summed E-state index contributed by atoms with van der Waals surface area (Å²) in [7, 11) is 0. The van der Waals surface area contributed by atoms with Crippen LogP contribution in [-0.2, 0) is 14.4 Å². The SMILES string of the molecule is C=C(C(=O)NC1CCC(=O)NC1=O)C(C)(F)C(C)C. The number of carbonyl (C=O) groups is 3. The molecule has 1 saturated heterocycles. The van der Waals surface area contributed by atoms with Gasteiger partial charge in [0, 0.05) is 12.0 Å². The highest BCUT2D eigenvalue weighted by Gasteiger charge is 2.37. The van der Waals surface area contributed by atoms with Crippen LogP contribution >= 0.6 is 0 Å². The minimum Gasteiger partial charge on any atom is -0.340 e. The number of carbonyl (C=O) groups excluding carboxylic acids is 3. The Balaban J connectivity index is 2.68. The fourth-order valence-electron chi connectivity index (χ4n) is 1.65. The first-order chi connectivity index (χ1) is 8.66. The summed E-state index contributed by atoms with van der Waals surface area (Å²) in [6.07, 6.45) is 0.370. The third kappa shape index (κ3) is 3.39. The fourth-order valence-corrected chi connectivity index (χ4v) is 1.65. The lowest BCUT2D eigenvalue weighted by molar-refractivity contribution is -0.136. The van der Waals surface area contributed by atoms with Gasteiger partial charge in [0.25, 0.3) is 0 Å². The first-order valence-corrected chi connectivity index (χ1v) is 6.19. The minimum atomic E-state index is -1.84. The molecule has 0 aromatic carbocycles. The summed E-state index contributed by atoms with van der Waals surface area (Å²) in [4.78, 5) is 34.3. The van der Waals surface area contributed by atoms with Crippen LogP contribution in [0.1, 0.15) is 33.6 Å². The Morgan fingerprint density at radius 2 is 2.11 bits per heavy atom. The van der Waals surface area contributed by atoms with Crippen molar-refractivity contribution in [2.45, 2.75) is 45.3 Å². The number of rotatable bonds is 4. The molecule has 6 heteroatoms. The summed E-state index contributed by atoms with van der Waals surface area (Å²) in [5, 5.41) is 4.53. The lowest BCUT2D eigenvalue weighted by atomic mass is 9.87. The molecule has 1 aliphatic heterocycles. The topological polar surface area (TPSA) is 75.3 Å². The van der Waals surface area contributed by atoms with E-state index in [9.17, 15) is 18.8 Å². The molecule has 106 valence electrons. The Morgan fingerprint density at radius 3 is 2.58 bits per heavy atom.